The van der Waals surface area contributed by atoms with E-state index in [1.807, 2.05) is 39.2 Å². The Balaban J connectivity index is 2.72. The fraction of sp³-hybridized carbons (Fsp3) is 0.588. The summed E-state index contributed by atoms with van der Waals surface area (Å²) in [6.07, 6.45) is 1.98. The van der Waals surface area contributed by atoms with E-state index in [1.165, 1.54) is 0 Å². The molecule has 1 unspecified atom stereocenters. The summed E-state index contributed by atoms with van der Waals surface area (Å²) >= 11 is 0. The van der Waals surface area contributed by atoms with Crippen LogP contribution in [0.4, 0.5) is 5.69 Å². The second kappa shape index (κ2) is 8.67. The quantitative estimate of drug-likeness (QED) is 0.774. The van der Waals surface area contributed by atoms with E-state index in [4.69, 9.17) is 0 Å². The normalized spacial score (nSPS) is 12.3. The molecule has 118 valence electrons. The van der Waals surface area contributed by atoms with E-state index in [0.717, 1.165) is 42.7 Å². The summed E-state index contributed by atoms with van der Waals surface area (Å²) in [7, 11) is 4.09. The predicted octanol–water partition coefficient (Wildman–Crippen LogP) is 2.89. The van der Waals surface area contributed by atoms with Gasteiger partial charge in [0.25, 0.3) is 5.91 Å². The van der Waals surface area contributed by atoms with Crippen LogP contribution >= 0.6 is 0 Å². The molecule has 1 aromatic carbocycles. The first-order chi connectivity index (χ1) is 9.93. The maximum absolute atomic E-state index is 12.4. The fourth-order valence-corrected chi connectivity index (χ4v) is 2.09. The molecule has 4 nitrogen and oxygen atoms in total. The predicted molar refractivity (Wildman–Crippen MR) is 90.1 cm³/mol. The van der Waals surface area contributed by atoms with E-state index in [9.17, 15) is 4.79 Å². The monoisotopic (exact) mass is 291 g/mol. The van der Waals surface area contributed by atoms with Crippen molar-refractivity contribution < 1.29 is 4.79 Å². The van der Waals surface area contributed by atoms with E-state index in [0.29, 0.717) is 0 Å². The van der Waals surface area contributed by atoms with E-state index >= 15 is 0 Å². The van der Waals surface area contributed by atoms with Crippen LogP contribution in [0.25, 0.3) is 0 Å². The number of nitrogens with one attached hydrogen (secondary N) is 2. The van der Waals surface area contributed by atoms with Crippen LogP contribution in [0.1, 0.15) is 42.6 Å². The number of anilines is 1. The molecule has 0 saturated carbocycles. The van der Waals surface area contributed by atoms with E-state index in [1.54, 1.807) is 0 Å². The second-order valence-corrected chi connectivity index (χ2v) is 5.94. The van der Waals surface area contributed by atoms with Crippen molar-refractivity contribution in [3.8, 4) is 0 Å². The minimum Gasteiger partial charge on any atom is -0.384 e. The average molecular weight is 291 g/mol. The Kier molecular flexibility index (Phi) is 7.23. The van der Waals surface area contributed by atoms with Crippen LogP contribution in [0.3, 0.4) is 0 Å². The van der Waals surface area contributed by atoms with Crippen molar-refractivity contribution in [1.29, 1.82) is 0 Å². The molecule has 1 rings (SSSR count). The van der Waals surface area contributed by atoms with Crippen LogP contribution in [0.15, 0.2) is 18.2 Å². The Hall–Kier alpha value is -1.55. The van der Waals surface area contributed by atoms with Crippen LogP contribution in [0.5, 0.6) is 0 Å². The summed E-state index contributed by atoms with van der Waals surface area (Å²) in [5, 5.41) is 6.42. The molecule has 1 atom stereocenters. The molecule has 0 aliphatic rings. The molecule has 0 saturated heterocycles. The molecule has 0 heterocycles. The molecular weight excluding hydrogens is 262 g/mol. The van der Waals surface area contributed by atoms with Gasteiger partial charge in [-0.15, -0.1) is 0 Å². The van der Waals surface area contributed by atoms with E-state index in [-0.39, 0.29) is 11.9 Å². The zero-order valence-electron chi connectivity index (χ0n) is 14.0. The third-order valence-corrected chi connectivity index (χ3v) is 3.37. The van der Waals surface area contributed by atoms with Crippen molar-refractivity contribution >= 4 is 11.6 Å². The Morgan fingerprint density at radius 1 is 1.33 bits per heavy atom. The lowest BCUT2D eigenvalue weighted by molar-refractivity contribution is 0.0937. The van der Waals surface area contributed by atoms with Gasteiger partial charge in [0.2, 0.25) is 0 Å². The minimum absolute atomic E-state index is 0.000130. The molecule has 0 spiro atoms. The topological polar surface area (TPSA) is 44.4 Å². The van der Waals surface area contributed by atoms with Gasteiger partial charge in [-0.05, 0) is 65.0 Å². The van der Waals surface area contributed by atoms with Gasteiger partial charge < -0.3 is 15.5 Å². The van der Waals surface area contributed by atoms with Crippen molar-refractivity contribution in [3.05, 3.63) is 29.3 Å². The van der Waals surface area contributed by atoms with Crippen LogP contribution in [-0.4, -0.2) is 44.0 Å². The van der Waals surface area contributed by atoms with Gasteiger partial charge in [0.1, 0.15) is 0 Å². The SMILES string of the molecule is CCCNc1cc(C)ccc1C(=O)NC(C)CCN(C)C. The fourth-order valence-electron chi connectivity index (χ4n) is 2.09. The molecule has 2 N–H and O–H groups in total. The molecule has 0 fully saturated rings. The smallest absolute Gasteiger partial charge is 0.253 e. The minimum atomic E-state index is -0.000130. The summed E-state index contributed by atoms with van der Waals surface area (Å²) in [5.41, 5.74) is 2.81. The third kappa shape index (κ3) is 6.17. The number of rotatable bonds is 8. The average Bonchev–Trinajstić information content (AvgIpc) is 2.42. The van der Waals surface area contributed by atoms with Crippen molar-refractivity contribution in [2.24, 2.45) is 0 Å². The van der Waals surface area contributed by atoms with E-state index < -0.39 is 0 Å². The number of hydrogen-bond donors (Lipinski definition) is 2. The highest BCUT2D eigenvalue weighted by atomic mass is 16.1. The number of carbonyl (C=O) groups is 1. The standard InChI is InChI=1S/C17H29N3O/c1-6-10-18-16-12-13(2)7-8-15(16)17(21)19-14(3)9-11-20(4)5/h7-8,12,14,18H,6,9-11H2,1-5H3,(H,19,21). The Labute approximate surface area is 128 Å². The first kappa shape index (κ1) is 17.5. The number of hydrogen-bond acceptors (Lipinski definition) is 3. The number of amides is 1. The van der Waals surface area contributed by atoms with Crippen LogP contribution in [-0.2, 0) is 0 Å². The number of benzene rings is 1. The highest BCUT2D eigenvalue weighted by Crippen LogP contribution is 2.18. The molecule has 0 bridgehead atoms. The lowest BCUT2D eigenvalue weighted by atomic mass is 10.1. The zero-order valence-corrected chi connectivity index (χ0v) is 14.0. The van der Waals surface area contributed by atoms with Gasteiger partial charge in [0.05, 0.1) is 5.56 Å². The Bertz CT molecular complexity index is 457. The number of nitrogens with zero attached hydrogens (tertiary/aromatic N) is 1. The lowest BCUT2D eigenvalue weighted by Gasteiger charge is -2.18. The number of carbonyl (C=O) groups excluding carboxylic acids is 1. The first-order valence-electron chi connectivity index (χ1n) is 7.74. The third-order valence-electron chi connectivity index (χ3n) is 3.37. The van der Waals surface area contributed by atoms with Gasteiger partial charge in [-0.1, -0.05) is 13.0 Å². The van der Waals surface area contributed by atoms with Crippen molar-refractivity contribution in [2.75, 3.05) is 32.5 Å². The van der Waals surface area contributed by atoms with Gasteiger partial charge in [0, 0.05) is 18.3 Å². The molecule has 1 amide bonds. The second-order valence-electron chi connectivity index (χ2n) is 5.94. The van der Waals surface area contributed by atoms with Crippen molar-refractivity contribution in [1.82, 2.24) is 10.2 Å². The maximum atomic E-state index is 12.4. The first-order valence-corrected chi connectivity index (χ1v) is 7.74. The van der Waals surface area contributed by atoms with Crippen molar-refractivity contribution in [3.63, 3.8) is 0 Å². The molecular formula is C17H29N3O. The van der Waals surface area contributed by atoms with Gasteiger partial charge >= 0.3 is 0 Å². The van der Waals surface area contributed by atoms with Gasteiger partial charge in [-0.25, -0.2) is 0 Å². The molecule has 1 aromatic rings. The van der Waals surface area contributed by atoms with Crippen LogP contribution in [0, 0.1) is 6.92 Å². The number of aryl methyl sites for hydroxylation is 1. The molecule has 21 heavy (non-hydrogen) atoms. The van der Waals surface area contributed by atoms with Crippen molar-refractivity contribution in [2.45, 2.75) is 39.7 Å². The van der Waals surface area contributed by atoms with Gasteiger partial charge in [0.15, 0.2) is 0 Å². The van der Waals surface area contributed by atoms with Crippen LogP contribution in [0.2, 0.25) is 0 Å². The Morgan fingerprint density at radius 2 is 2.05 bits per heavy atom. The summed E-state index contributed by atoms with van der Waals surface area (Å²) in [4.78, 5) is 14.6. The summed E-state index contributed by atoms with van der Waals surface area (Å²) in [6, 6.07) is 6.09. The summed E-state index contributed by atoms with van der Waals surface area (Å²) < 4.78 is 0. The van der Waals surface area contributed by atoms with Crippen LogP contribution < -0.4 is 10.6 Å². The van der Waals surface area contributed by atoms with Gasteiger partial charge in [-0.3, -0.25) is 4.79 Å². The highest BCUT2D eigenvalue weighted by Gasteiger charge is 2.14. The maximum Gasteiger partial charge on any atom is 0.253 e. The summed E-state index contributed by atoms with van der Waals surface area (Å²) in [5.74, 6) is -0.000130. The lowest BCUT2D eigenvalue weighted by Crippen LogP contribution is -2.35. The summed E-state index contributed by atoms with van der Waals surface area (Å²) in [6.45, 7) is 8.05. The molecule has 0 aliphatic carbocycles. The van der Waals surface area contributed by atoms with Gasteiger partial charge in [-0.2, -0.15) is 0 Å². The molecule has 0 aliphatic heterocycles. The largest absolute Gasteiger partial charge is 0.384 e. The molecule has 4 heteroatoms. The zero-order chi connectivity index (χ0) is 15.8. The Morgan fingerprint density at radius 3 is 2.67 bits per heavy atom. The van der Waals surface area contributed by atoms with E-state index in [2.05, 4.69) is 29.4 Å². The molecule has 0 aromatic heterocycles. The molecule has 0 radical (unpaired) electrons. The highest BCUT2D eigenvalue weighted by molar-refractivity contribution is 5.99.